The summed E-state index contributed by atoms with van der Waals surface area (Å²) in [7, 11) is 0. The molecule has 21 heavy (non-hydrogen) atoms. The van der Waals surface area contributed by atoms with Crippen molar-refractivity contribution >= 4 is 28.6 Å². The molecule has 1 aromatic carbocycles. The highest BCUT2D eigenvalue weighted by molar-refractivity contribution is 7.99. The first-order chi connectivity index (χ1) is 10.1. The van der Waals surface area contributed by atoms with E-state index in [-0.39, 0.29) is 11.5 Å². The number of pyridine rings is 1. The van der Waals surface area contributed by atoms with Crippen LogP contribution in [0.15, 0.2) is 51.2 Å². The molecule has 0 amide bonds. The molecule has 0 unspecified atom stereocenters. The lowest BCUT2D eigenvalue weighted by atomic mass is 10.1. The number of hydrogen-bond donors (Lipinski definition) is 2. The van der Waals surface area contributed by atoms with Crippen LogP contribution in [0.1, 0.15) is 5.56 Å². The Kier molecular flexibility index (Phi) is 3.26. The van der Waals surface area contributed by atoms with E-state index in [9.17, 15) is 4.79 Å². The van der Waals surface area contributed by atoms with Crippen LogP contribution < -0.4 is 17.1 Å². The standard InChI is InChI=1S/C14H13N5OS/c1-8-2-3-10-11(13(20)19(16)14(15)18-10)12(8)21-9-4-6-17-7-5-9/h2-7H,16H2,1H3,(H2,15,18). The summed E-state index contributed by atoms with van der Waals surface area (Å²) < 4.78 is 0.873. The van der Waals surface area contributed by atoms with Gasteiger partial charge in [-0.25, -0.2) is 4.98 Å². The average Bonchev–Trinajstić information content (AvgIpc) is 2.49. The summed E-state index contributed by atoms with van der Waals surface area (Å²) in [5.74, 6) is 5.65. The van der Waals surface area contributed by atoms with Gasteiger partial charge in [0.1, 0.15) is 0 Å². The molecule has 106 valence electrons. The lowest BCUT2D eigenvalue weighted by Gasteiger charge is -2.11. The lowest BCUT2D eigenvalue weighted by molar-refractivity contribution is 0.929. The number of nitrogen functional groups attached to an aromatic ring is 2. The smallest absolute Gasteiger partial charge is 0.282 e. The molecule has 0 aliphatic carbocycles. The number of nitrogens with zero attached hydrogens (tertiary/aromatic N) is 3. The fraction of sp³-hybridized carbons (Fsp3) is 0.0714. The Labute approximate surface area is 124 Å². The van der Waals surface area contributed by atoms with Gasteiger partial charge >= 0.3 is 0 Å². The first-order valence-electron chi connectivity index (χ1n) is 6.22. The highest BCUT2D eigenvalue weighted by atomic mass is 32.2. The summed E-state index contributed by atoms with van der Waals surface area (Å²) in [4.78, 5) is 22.4. The molecule has 7 heteroatoms. The first-order valence-corrected chi connectivity index (χ1v) is 7.04. The molecule has 2 heterocycles. The number of rotatable bonds is 2. The molecule has 0 aliphatic rings. The van der Waals surface area contributed by atoms with Crippen LogP contribution in [0.2, 0.25) is 0 Å². The number of anilines is 1. The van der Waals surface area contributed by atoms with E-state index in [0.717, 1.165) is 20.0 Å². The summed E-state index contributed by atoms with van der Waals surface area (Å²) in [6.07, 6.45) is 3.42. The fourth-order valence-electron chi connectivity index (χ4n) is 2.03. The van der Waals surface area contributed by atoms with Gasteiger partial charge in [-0.1, -0.05) is 17.8 Å². The monoisotopic (exact) mass is 299 g/mol. The van der Waals surface area contributed by atoms with Crippen molar-refractivity contribution < 1.29 is 0 Å². The van der Waals surface area contributed by atoms with Gasteiger partial charge in [0.15, 0.2) is 0 Å². The molecule has 3 aromatic rings. The van der Waals surface area contributed by atoms with Gasteiger partial charge in [-0.3, -0.25) is 9.78 Å². The van der Waals surface area contributed by atoms with Crippen LogP contribution >= 0.6 is 11.8 Å². The largest absolute Gasteiger partial charge is 0.368 e. The van der Waals surface area contributed by atoms with Crippen LogP contribution in [0.4, 0.5) is 5.95 Å². The minimum Gasteiger partial charge on any atom is -0.368 e. The molecule has 0 aliphatic heterocycles. The second-order valence-electron chi connectivity index (χ2n) is 4.54. The van der Waals surface area contributed by atoms with Crippen molar-refractivity contribution in [2.75, 3.05) is 11.6 Å². The van der Waals surface area contributed by atoms with Crippen molar-refractivity contribution in [3.63, 3.8) is 0 Å². The van der Waals surface area contributed by atoms with E-state index < -0.39 is 0 Å². The predicted octanol–water partition coefficient (Wildman–Crippen LogP) is 1.55. The molecular weight excluding hydrogens is 286 g/mol. The molecular formula is C14H13N5OS. The Morgan fingerprint density at radius 2 is 1.90 bits per heavy atom. The van der Waals surface area contributed by atoms with Gasteiger partial charge in [0, 0.05) is 22.2 Å². The highest BCUT2D eigenvalue weighted by Crippen LogP contribution is 2.34. The van der Waals surface area contributed by atoms with Gasteiger partial charge in [0.05, 0.1) is 10.9 Å². The third-order valence-electron chi connectivity index (χ3n) is 3.12. The van der Waals surface area contributed by atoms with Gasteiger partial charge in [0.25, 0.3) is 5.56 Å². The second-order valence-corrected chi connectivity index (χ2v) is 5.62. The van der Waals surface area contributed by atoms with E-state index in [2.05, 4.69) is 9.97 Å². The molecule has 0 radical (unpaired) electrons. The van der Waals surface area contributed by atoms with E-state index in [0.29, 0.717) is 10.9 Å². The Morgan fingerprint density at radius 3 is 2.62 bits per heavy atom. The molecule has 3 rings (SSSR count). The minimum atomic E-state index is -0.349. The molecule has 0 saturated heterocycles. The van der Waals surface area contributed by atoms with Gasteiger partial charge in [-0.05, 0) is 30.7 Å². The number of fused-ring (bicyclic) bond motifs is 1. The minimum absolute atomic E-state index is 0.00351. The summed E-state index contributed by atoms with van der Waals surface area (Å²) in [6, 6.07) is 7.46. The van der Waals surface area contributed by atoms with Crippen LogP contribution in [0.3, 0.4) is 0 Å². The summed E-state index contributed by atoms with van der Waals surface area (Å²) >= 11 is 1.48. The quantitative estimate of drug-likeness (QED) is 0.696. The summed E-state index contributed by atoms with van der Waals surface area (Å²) in [6.45, 7) is 1.94. The van der Waals surface area contributed by atoms with E-state index in [1.54, 1.807) is 18.5 Å². The normalized spacial score (nSPS) is 10.9. The zero-order valence-electron chi connectivity index (χ0n) is 11.3. The van der Waals surface area contributed by atoms with Crippen molar-refractivity contribution in [1.29, 1.82) is 0 Å². The van der Waals surface area contributed by atoms with Crippen molar-refractivity contribution in [2.24, 2.45) is 0 Å². The maximum atomic E-state index is 12.4. The van der Waals surface area contributed by atoms with Crippen molar-refractivity contribution in [1.82, 2.24) is 14.6 Å². The Balaban J connectivity index is 2.29. The number of nitrogens with two attached hydrogens (primary N) is 2. The molecule has 0 spiro atoms. The van der Waals surface area contributed by atoms with Crippen LogP contribution in [-0.4, -0.2) is 14.6 Å². The van der Waals surface area contributed by atoms with Crippen LogP contribution in [0.25, 0.3) is 10.9 Å². The predicted molar refractivity (Wildman–Crippen MR) is 83.7 cm³/mol. The number of aromatic nitrogens is 3. The van der Waals surface area contributed by atoms with Crippen molar-refractivity contribution in [3.8, 4) is 0 Å². The first kappa shape index (κ1) is 13.4. The zero-order valence-corrected chi connectivity index (χ0v) is 12.1. The van der Waals surface area contributed by atoms with Gasteiger partial charge in [0.2, 0.25) is 5.95 Å². The number of hydrogen-bond acceptors (Lipinski definition) is 6. The molecule has 0 bridgehead atoms. The zero-order chi connectivity index (χ0) is 15.0. The number of benzene rings is 1. The molecule has 0 atom stereocenters. The van der Waals surface area contributed by atoms with Crippen LogP contribution in [0, 0.1) is 6.92 Å². The molecule has 6 nitrogen and oxygen atoms in total. The molecule has 2 aromatic heterocycles. The highest BCUT2D eigenvalue weighted by Gasteiger charge is 2.14. The fourth-order valence-corrected chi connectivity index (χ4v) is 3.05. The third-order valence-corrected chi connectivity index (χ3v) is 4.35. The van der Waals surface area contributed by atoms with Crippen LogP contribution in [0.5, 0.6) is 0 Å². The van der Waals surface area contributed by atoms with Crippen molar-refractivity contribution in [3.05, 3.63) is 52.6 Å². The summed E-state index contributed by atoms with van der Waals surface area (Å²) in [5, 5.41) is 0.480. The lowest BCUT2D eigenvalue weighted by Crippen LogP contribution is -2.31. The molecule has 0 saturated carbocycles. The Hall–Kier alpha value is -2.54. The maximum absolute atomic E-state index is 12.4. The molecule has 4 N–H and O–H groups in total. The summed E-state index contributed by atoms with van der Waals surface area (Å²) in [5.41, 5.74) is 6.81. The Bertz CT molecular complexity index is 876. The third kappa shape index (κ3) is 2.31. The average molecular weight is 299 g/mol. The molecule has 0 fully saturated rings. The van der Waals surface area contributed by atoms with Gasteiger partial charge in [-0.15, -0.1) is 0 Å². The van der Waals surface area contributed by atoms with E-state index in [1.807, 2.05) is 25.1 Å². The second kappa shape index (κ2) is 5.10. The number of aryl methyl sites for hydroxylation is 1. The van der Waals surface area contributed by atoms with Crippen molar-refractivity contribution in [2.45, 2.75) is 16.7 Å². The van der Waals surface area contributed by atoms with Crippen LogP contribution in [-0.2, 0) is 0 Å². The van der Waals surface area contributed by atoms with E-state index in [4.69, 9.17) is 11.6 Å². The Morgan fingerprint density at radius 1 is 1.19 bits per heavy atom. The topological polar surface area (TPSA) is 99.8 Å². The van der Waals surface area contributed by atoms with Gasteiger partial charge < -0.3 is 11.6 Å². The maximum Gasteiger partial charge on any atom is 0.282 e. The van der Waals surface area contributed by atoms with E-state index >= 15 is 0 Å². The van der Waals surface area contributed by atoms with Gasteiger partial charge in [-0.2, -0.15) is 4.68 Å². The SMILES string of the molecule is Cc1ccc2nc(N)n(N)c(=O)c2c1Sc1ccncc1. The van der Waals surface area contributed by atoms with E-state index in [1.165, 1.54) is 11.8 Å².